The average Bonchev–Trinajstić information content (AvgIpc) is 2.92. The van der Waals surface area contributed by atoms with E-state index in [-0.39, 0.29) is 22.5 Å². The Kier molecular flexibility index (Phi) is 5.26. The minimum Gasteiger partial charge on any atom is -0.271 e. The van der Waals surface area contributed by atoms with E-state index in [1.54, 1.807) is 11.3 Å². The molecule has 0 saturated carbocycles. The predicted octanol–water partition coefficient (Wildman–Crippen LogP) is 4.10. The van der Waals surface area contributed by atoms with Crippen molar-refractivity contribution < 1.29 is 8.78 Å². The molecule has 0 saturated heterocycles. The van der Waals surface area contributed by atoms with Crippen LogP contribution in [0.15, 0.2) is 28.7 Å². The van der Waals surface area contributed by atoms with Crippen molar-refractivity contribution in [2.45, 2.75) is 25.8 Å². The van der Waals surface area contributed by atoms with Crippen molar-refractivity contribution in [2.24, 2.45) is 5.84 Å². The van der Waals surface area contributed by atoms with E-state index in [0.29, 0.717) is 0 Å². The molecule has 0 amide bonds. The highest BCUT2D eigenvalue weighted by Gasteiger charge is 2.19. The first-order valence-electron chi connectivity index (χ1n) is 6.24. The van der Waals surface area contributed by atoms with Crippen molar-refractivity contribution in [1.82, 2.24) is 5.43 Å². The third kappa shape index (κ3) is 3.25. The van der Waals surface area contributed by atoms with Crippen LogP contribution in [0.1, 0.15) is 28.3 Å². The summed E-state index contributed by atoms with van der Waals surface area (Å²) >= 11 is 4.67. The van der Waals surface area contributed by atoms with Gasteiger partial charge in [-0.25, -0.2) is 8.78 Å². The summed E-state index contributed by atoms with van der Waals surface area (Å²) in [6.45, 7) is 2.06. The van der Waals surface area contributed by atoms with Gasteiger partial charge in [-0.15, -0.1) is 11.3 Å². The van der Waals surface area contributed by atoms with Crippen LogP contribution >= 0.6 is 27.3 Å². The third-order valence-corrected chi connectivity index (χ3v) is 5.08. The molecule has 0 bridgehead atoms. The van der Waals surface area contributed by atoms with E-state index in [9.17, 15) is 8.78 Å². The van der Waals surface area contributed by atoms with E-state index in [4.69, 9.17) is 5.84 Å². The lowest BCUT2D eigenvalue weighted by atomic mass is 10.0. The molecule has 0 aliphatic heterocycles. The molecule has 2 rings (SSSR count). The average molecular weight is 361 g/mol. The van der Waals surface area contributed by atoms with Crippen molar-refractivity contribution in [3.05, 3.63) is 55.7 Å². The van der Waals surface area contributed by atoms with Gasteiger partial charge in [0.1, 0.15) is 11.6 Å². The van der Waals surface area contributed by atoms with Crippen molar-refractivity contribution in [3.8, 4) is 0 Å². The van der Waals surface area contributed by atoms with Gasteiger partial charge in [-0.3, -0.25) is 11.3 Å². The van der Waals surface area contributed by atoms with Crippen LogP contribution in [0.2, 0.25) is 0 Å². The van der Waals surface area contributed by atoms with Gasteiger partial charge >= 0.3 is 0 Å². The lowest BCUT2D eigenvalue weighted by Gasteiger charge is -2.15. The van der Waals surface area contributed by atoms with Gasteiger partial charge in [0, 0.05) is 15.3 Å². The van der Waals surface area contributed by atoms with Gasteiger partial charge in [0.25, 0.3) is 0 Å². The van der Waals surface area contributed by atoms with E-state index in [1.165, 1.54) is 17.0 Å². The Hall–Kier alpha value is -0.820. The third-order valence-electron chi connectivity index (χ3n) is 3.12. The standard InChI is InChI=1S/C14H15BrF2N2S/c1-2-8-3-6-13(20-8)12(19-18)7-9-11(16)5-4-10(15)14(9)17/h3-6,12,19H,2,7,18H2,1H3. The van der Waals surface area contributed by atoms with E-state index in [2.05, 4.69) is 28.3 Å². The molecule has 1 heterocycles. The molecule has 0 radical (unpaired) electrons. The second kappa shape index (κ2) is 6.76. The van der Waals surface area contributed by atoms with Gasteiger partial charge in [0.2, 0.25) is 0 Å². The number of hydrogen-bond acceptors (Lipinski definition) is 3. The summed E-state index contributed by atoms with van der Waals surface area (Å²) in [6, 6.07) is 6.26. The van der Waals surface area contributed by atoms with Crippen LogP contribution in [-0.2, 0) is 12.8 Å². The summed E-state index contributed by atoms with van der Waals surface area (Å²) in [5, 5.41) is 0. The maximum Gasteiger partial charge on any atom is 0.143 e. The van der Waals surface area contributed by atoms with Gasteiger partial charge < -0.3 is 0 Å². The van der Waals surface area contributed by atoms with Crippen molar-refractivity contribution in [3.63, 3.8) is 0 Å². The largest absolute Gasteiger partial charge is 0.271 e. The van der Waals surface area contributed by atoms with Crippen LogP contribution < -0.4 is 11.3 Å². The van der Waals surface area contributed by atoms with Crippen LogP contribution in [0.3, 0.4) is 0 Å². The number of aryl methyl sites for hydroxylation is 1. The van der Waals surface area contributed by atoms with Crippen molar-refractivity contribution >= 4 is 27.3 Å². The second-order valence-electron chi connectivity index (χ2n) is 4.40. The number of halogens is 3. The number of hydrazine groups is 1. The molecule has 6 heteroatoms. The zero-order valence-electron chi connectivity index (χ0n) is 10.9. The van der Waals surface area contributed by atoms with Crippen LogP contribution in [0.5, 0.6) is 0 Å². The van der Waals surface area contributed by atoms with Crippen LogP contribution in [0.25, 0.3) is 0 Å². The Morgan fingerprint density at radius 3 is 2.65 bits per heavy atom. The molecule has 0 aliphatic rings. The fraction of sp³-hybridized carbons (Fsp3) is 0.286. The van der Waals surface area contributed by atoms with Crippen LogP contribution in [0, 0.1) is 11.6 Å². The molecular weight excluding hydrogens is 346 g/mol. The molecule has 3 N–H and O–H groups in total. The van der Waals surface area contributed by atoms with Gasteiger partial charge in [-0.05, 0) is 53.0 Å². The Morgan fingerprint density at radius 2 is 2.05 bits per heavy atom. The number of rotatable bonds is 5. The first kappa shape index (κ1) is 15.6. The lowest BCUT2D eigenvalue weighted by Crippen LogP contribution is -2.29. The number of nitrogens with two attached hydrogens (primary N) is 1. The Bertz CT molecular complexity index is 601. The number of hydrogen-bond donors (Lipinski definition) is 2. The normalized spacial score (nSPS) is 12.7. The molecule has 1 aromatic heterocycles. The minimum atomic E-state index is -0.572. The Balaban J connectivity index is 2.29. The van der Waals surface area contributed by atoms with E-state index in [1.807, 2.05) is 12.1 Å². The fourth-order valence-electron chi connectivity index (χ4n) is 1.97. The fourth-order valence-corrected chi connectivity index (χ4v) is 3.36. The summed E-state index contributed by atoms with van der Waals surface area (Å²) in [5.41, 5.74) is 2.68. The molecule has 1 atom stereocenters. The SMILES string of the molecule is CCc1ccc(C(Cc2c(F)ccc(Br)c2F)NN)s1. The molecule has 2 aromatic rings. The molecule has 2 nitrogen and oxygen atoms in total. The zero-order valence-corrected chi connectivity index (χ0v) is 13.3. The monoisotopic (exact) mass is 360 g/mol. The number of nitrogens with one attached hydrogen (secondary N) is 1. The van der Waals surface area contributed by atoms with E-state index in [0.717, 1.165) is 11.3 Å². The molecule has 108 valence electrons. The lowest BCUT2D eigenvalue weighted by molar-refractivity contribution is 0.502. The molecule has 20 heavy (non-hydrogen) atoms. The first-order chi connectivity index (χ1) is 9.56. The molecule has 1 unspecified atom stereocenters. The van der Waals surface area contributed by atoms with Gasteiger partial charge in [-0.1, -0.05) is 6.92 Å². The van der Waals surface area contributed by atoms with E-state index < -0.39 is 11.6 Å². The molecule has 0 aliphatic carbocycles. The summed E-state index contributed by atoms with van der Waals surface area (Å²) in [5.74, 6) is 4.41. The summed E-state index contributed by atoms with van der Waals surface area (Å²) in [6.07, 6.45) is 1.10. The highest BCUT2D eigenvalue weighted by atomic mass is 79.9. The minimum absolute atomic E-state index is 0.0359. The quantitative estimate of drug-likeness (QED) is 0.478. The van der Waals surface area contributed by atoms with Crippen molar-refractivity contribution in [2.75, 3.05) is 0 Å². The van der Waals surface area contributed by atoms with Gasteiger partial charge in [0.05, 0.1) is 10.5 Å². The Morgan fingerprint density at radius 1 is 1.30 bits per heavy atom. The molecule has 0 spiro atoms. The topological polar surface area (TPSA) is 38.0 Å². The molecular formula is C14H15BrF2N2S. The van der Waals surface area contributed by atoms with Crippen LogP contribution in [0.4, 0.5) is 8.78 Å². The van der Waals surface area contributed by atoms with Crippen LogP contribution in [-0.4, -0.2) is 0 Å². The van der Waals surface area contributed by atoms with Crippen molar-refractivity contribution in [1.29, 1.82) is 0 Å². The number of benzene rings is 1. The highest BCUT2D eigenvalue weighted by Crippen LogP contribution is 2.29. The first-order valence-corrected chi connectivity index (χ1v) is 7.84. The van der Waals surface area contributed by atoms with Gasteiger partial charge in [0.15, 0.2) is 0 Å². The zero-order chi connectivity index (χ0) is 14.7. The maximum absolute atomic E-state index is 14.0. The summed E-state index contributed by atoms with van der Waals surface area (Å²) in [7, 11) is 0. The second-order valence-corrected chi connectivity index (χ2v) is 6.46. The number of thiophene rings is 1. The molecule has 1 aromatic carbocycles. The summed E-state index contributed by atoms with van der Waals surface area (Å²) in [4.78, 5) is 2.19. The smallest absolute Gasteiger partial charge is 0.143 e. The van der Waals surface area contributed by atoms with E-state index >= 15 is 0 Å². The molecule has 0 fully saturated rings. The highest BCUT2D eigenvalue weighted by molar-refractivity contribution is 9.10. The maximum atomic E-state index is 14.0. The predicted molar refractivity (Wildman–Crippen MR) is 81.5 cm³/mol. The summed E-state index contributed by atoms with van der Waals surface area (Å²) < 4.78 is 28.0. The Labute approximate surface area is 129 Å². The van der Waals surface area contributed by atoms with Gasteiger partial charge in [-0.2, -0.15) is 0 Å².